The standard InChI is InChI=1S/C26H37N3O4/c1-26(2,3)20-8-6-18(7-9-20)16-28(22-12-10-21(27)11-13-22)17-19-14-24(32-4)25(33-5)15-23(19)29(30)31/h6-9,14-15,21-22H,10-13,16-17,27H2,1-5H3. The van der Waals surface area contributed by atoms with Crippen molar-refractivity contribution in [1.29, 1.82) is 0 Å². The number of nitrogens with two attached hydrogens (primary N) is 1. The van der Waals surface area contributed by atoms with Crippen molar-refractivity contribution in [3.05, 3.63) is 63.2 Å². The third kappa shape index (κ3) is 6.24. The molecule has 0 heterocycles. The van der Waals surface area contributed by atoms with Gasteiger partial charge in [-0.2, -0.15) is 0 Å². The molecule has 1 fully saturated rings. The van der Waals surface area contributed by atoms with Crippen molar-refractivity contribution in [2.45, 2.75) is 77.0 Å². The summed E-state index contributed by atoms with van der Waals surface area (Å²) in [6.07, 6.45) is 3.92. The predicted octanol–water partition coefficient (Wildman–Crippen LogP) is 5.18. The van der Waals surface area contributed by atoms with Crippen LogP contribution < -0.4 is 15.2 Å². The zero-order valence-electron chi connectivity index (χ0n) is 20.5. The zero-order valence-corrected chi connectivity index (χ0v) is 20.5. The van der Waals surface area contributed by atoms with Crippen LogP contribution in [0.25, 0.3) is 0 Å². The lowest BCUT2D eigenvalue weighted by Gasteiger charge is -2.36. The summed E-state index contributed by atoms with van der Waals surface area (Å²) in [6, 6.07) is 12.5. The van der Waals surface area contributed by atoms with Crippen LogP contribution in [0.15, 0.2) is 36.4 Å². The zero-order chi connectivity index (χ0) is 24.2. The largest absolute Gasteiger partial charge is 0.493 e. The highest BCUT2D eigenvalue weighted by Crippen LogP contribution is 2.36. The van der Waals surface area contributed by atoms with Gasteiger partial charge in [-0.15, -0.1) is 0 Å². The lowest BCUT2D eigenvalue weighted by molar-refractivity contribution is -0.385. The summed E-state index contributed by atoms with van der Waals surface area (Å²) in [5, 5.41) is 11.9. The average Bonchev–Trinajstić information content (AvgIpc) is 2.78. The van der Waals surface area contributed by atoms with E-state index in [-0.39, 0.29) is 22.1 Å². The van der Waals surface area contributed by atoms with Crippen LogP contribution in [0, 0.1) is 10.1 Å². The van der Waals surface area contributed by atoms with E-state index in [1.807, 2.05) is 0 Å². The third-order valence-electron chi connectivity index (χ3n) is 6.62. The van der Waals surface area contributed by atoms with E-state index in [2.05, 4.69) is 49.9 Å². The lowest BCUT2D eigenvalue weighted by atomic mass is 9.86. The predicted molar refractivity (Wildman–Crippen MR) is 131 cm³/mol. The van der Waals surface area contributed by atoms with Gasteiger partial charge in [0.15, 0.2) is 11.5 Å². The molecular formula is C26H37N3O4. The summed E-state index contributed by atoms with van der Waals surface area (Å²) in [4.78, 5) is 13.9. The van der Waals surface area contributed by atoms with Crippen LogP contribution in [-0.4, -0.2) is 36.1 Å². The Bertz CT molecular complexity index is 945. The summed E-state index contributed by atoms with van der Waals surface area (Å²) >= 11 is 0. The second kappa shape index (κ2) is 10.5. The minimum absolute atomic E-state index is 0.0493. The Morgan fingerprint density at radius 2 is 1.58 bits per heavy atom. The van der Waals surface area contributed by atoms with E-state index < -0.39 is 0 Å². The fourth-order valence-electron chi connectivity index (χ4n) is 4.55. The van der Waals surface area contributed by atoms with Crippen LogP contribution in [0.5, 0.6) is 11.5 Å². The first-order valence-corrected chi connectivity index (χ1v) is 11.6. The van der Waals surface area contributed by atoms with E-state index in [4.69, 9.17) is 15.2 Å². The minimum Gasteiger partial charge on any atom is -0.493 e. The Balaban J connectivity index is 1.93. The molecular weight excluding hydrogens is 418 g/mol. The Labute approximate surface area is 197 Å². The molecule has 0 saturated heterocycles. The molecule has 0 unspecified atom stereocenters. The third-order valence-corrected chi connectivity index (χ3v) is 6.62. The molecule has 180 valence electrons. The SMILES string of the molecule is COc1cc(CN(Cc2ccc(C(C)(C)C)cc2)C2CCC(N)CC2)c([N+](=O)[O-])cc1OC. The van der Waals surface area contributed by atoms with E-state index in [0.29, 0.717) is 29.6 Å². The highest BCUT2D eigenvalue weighted by atomic mass is 16.6. The number of benzene rings is 2. The summed E-state index contributed by atoms with van der Waals surface area (Å²) in [7, 11) is 3.03. The molecule has 0 aliphatic heterocycles. The first kappa shape index (κ1) is 25.0. The van der Waals surface area contributed by atoms with Gasteiger partial charge in [0.05, 0.1) is 25.2 Å². The number of ether oxygens (including phenoxy) is 2. The molecule has 2 aromatic rings. The van der Waals surface area contributed by atoms with Crippen LogP contribution in [0.4, 0.5) is 5.69 Å². The van der Waals surface area contributed by atoms with Gasteiger partial charge in [-0.25, -0.2) is 0 Å². The monoisotopic (exact) mass is 455 g/mol. The molecule has 1 aliphatic carbocycles. The van der Waals surface area contributed by atoms with Crippen molar-refractivity contribution in [3.63, 3.8) is 0 Å². The van der Waals surface area contributed by atoms with Crippen molar-refractivity contribution < 1.29 is 14.4 Å². The Morgan fingerprint density at radius 1 is 1.00 bits per heavy atom. The maximum atomic E-state index is 11.9. The Kier molecular flexibility index (Phi) is 7.97. The van der Waals surface area contributed by atoms with Gasteiger partial charge >= 0.3 is 0 Å². The molecule has 1 saturated carbocycles. The molecule has 0 bridgehead atoms. The van der Waals surface area contributed by atoms with Gasteiger partial charge in [0, 0.05) is 30.7 Å². The van der Waals surface area contributed by atoms with E-state index in [1.165, 1.54) is 24.3 Å². The summed E-state index contributed by atoms with van der Waals surface area (Å²) in [6.45, 7) is 7.79. The van der Waals surface area contributed by atoms with Crippen molar-refractivity contribution in [3.8, 4) is 11.5 Å². The highest BCUT2D eigenvalue weighted by Gasteiger charge is 2.28. The number of rotatable bonds is 8. The fraction of sp³-hybridized carbons (Fsp3) is 0.538. The molecule has 7 nitrogen and oxygen atoms in total. The molecule has 0 spiro atoms. The Morgan fingerprint density at radius 3 is 2.09 bits per heavy atom. The topological polar surface area (TPSA) is 90.9 Å². The van der Waals surface area contributed by atoms with Gasteiger partial charge in [-0.1, -0.05) is 45.0 Å². The van der Waals surface area contributed by atoms with Crippen molar-refractivity contribution in [1.82, 2.24) is 4.90 Å². The molecule has 0 atom stereocenters. The van der Waals surface area contributed by atoms with Crippen LogP contribution in [0.2, 0.25) is 0 Å². The fourth-order valence-corrected chi connectivity index (χ4v) is 4.55. The summed E-state index contributed by atoms with van der Waals surface area (Å²) in [5.41, 5.74) is 9.41. The minimum atomic E-state index is -0.343. The maximum Gasteiger partial charge on any atom is 0.277 e. The van der Waals surface area contributed by atoms with Gasteiger partial charge in [0.2, 0.25) is 0 Å². The van der Waals surface area contributed by atoms with Crippen molar-refractivity contribution in [2.75, 3.05) is 14.2 Å². The van der Waals surface area contributed by atoms with E-state index in [1.54, 1.807) is 13.2 Å². The second-order valence-corrected chi connectivity index (χ2v) is 10.0. The van der Waals surface area contributed by atoms with E-state index >= 15 is 0 Å². The van der Waals surface area contributed by atoms with Crippen LogP contribution >= 0.6 is 0 Å². The number of methoxy groups -OCH3 is 2. The second-order valence-electron chi connectivity index (χ2n) is 10.0. The smallest absolute Gasteiger partial charge is 0.277 e. The number of nitrogens with zero attached hydrogens (tertiary/aromatic N) is 2. The van der Waals surface area contributed by atoms with Gasteiger partial charge in [-0.05, 0) is 48.3 Å². The van der Waals surface area contributed by atoms with Crippen LogP contribution in [0.1, 0.15) is 63.1 Å². The molecule has 33 heavy (non-hydrogen) atoms. The highest BCUT2D eigenvalue weighted by molar-refractivity contribution is 5.54. The molecule has 1 aliphatic rings. The molecule has 2 aromatic carbocycles. The quantitative estimate of drug-likeness (QED) is 0.436. The molecule has 2 N–H and O–H groups in total. The number of nitro groups is 1. The van der Waals surface area contributed by atoms with Crippen LogP contribution in [0.3, 0.4) is 0 Å². The van der Waals surface area contributed by atoms with Crippen molar-refractivity contribution in [2.24, 2.45) is 5.73 Å². The maximum absolute atomic E-state index is 11.9. The normalized spacial score (nSPS) is 18.9. The summed E-state index contributed by atoms with van der Waals surface area (Å²) < 4.78 is 10.7. The van der Waals surface area contributed by atoms with Gasteiger partial charge in [0.25, 0.3) is 5.69 Å². The summed E-state index contributed by atoms with van der Waals surface area (Å²) in [5.74, 6) is 0.860. The first-order valence-electron chi connectivity index (χ1n) is 11.6. The lowest BCUT2D eigenvalue weighted by Crippen LogP contribution is -2.40. The molecule has 7 heteroatoms. The molecule has 3 rings (SSSR count). The first-order chi connectivity index (χ1) is 15.6. The number of nitro benzene ring substituents is 1. The van der Waals surface area contributed by atoms with Crippen LogP contribution in [-0.2, 0) is 18.5 Å². The van der Waals surface area contributed by atoms with E-state index in [0.717, 1.165) is 32.2 Å². The van der Waals surface area contributed by atoms with E-state index in [9.17, 15) is 10.1 Å². The average molecular weight is 456 g/mol. The van der Waals surface area contributed by atoms with Gasteiger partial charge < -0.3 is 15.2 Å². The molecule has 0 amide bonds. The molecule has 0 radical (unpaired) electrons. The number of hydrogen-bond acceptors (Lipinski definition) is 6. The Hall–Kier alpha value is -2.64. The molecule has 0 aromatic heterocycles. The van der Waals surface area contributed by atoms with Gasteiger partial charge in [-0.3, -0.25) is 15.0 Å². The van der Waals surface area contributed by atoms with Crippen molar-refractivity contribution >= 4 is 5.69 Å². The van der Waals surface area contributed by atoms with Gasteiger partial charge in [0.1, 0.15) is 0 Å². The number of hydrogen-bond donors (Lipinski definition) is 1.